The van der Waals surface area contributed by atoms with Crippen molar-refractivity contribution in [3.05, 3.63) is 63.6 Å². The third-order valence-electron chi connectivity index (χ3n) is 3.49. The molecule has 3 nitrogen and oxygen atoms in total. The number of H-pyrrole nitrogens is 1. The van der Waals surface area contributed by atoms with Gasteiger partial charge < -0.3 is 10.3 Å². The number of nitrogens with one attached hydrogen (secondary N) is 2. The lowest BCUT2D eigenvalue weighted by atomic mass is 10.1. The Morgan fingerprint density at radius 2 is 1.86 bits per heavy atom. The summed E-state index contributed by atoms with van der Waals surface area (Å²) in [6, 6.07) is 7.03. The normalized spacial score (nSPS) is 13.0. The van der Waals surface area contributed by atoms with E-state index in [-0.39, 0.29) is 11.3 Å². The van der Waals surface area contributed by atoms with Gasteiger partial charge in [-0.15, -0.1) is 0 Å². The van der Waals surface area contributed by atoms with E-state index in [2.05, 4.69) is 10.3 Å². The van der Waals surface area contributed by atoms with E-state index in [1.54, 1.807) is 13.0 Å². The first kappa shape index (κ1) is 16.1. The smallest absolute Gasteiger partial charge is 0.366 e. The van der Waals surface area contributed by atoms with Crippen LogP contribution in [0.3, 0.4) is 0 Å². The van der Waals surface area contributed by atoms with Crippen molar-refractivity contribution in [3.63, 3.8) is 0 Å². The van der Waals surface area contributed by atoms with Crippen LogP contribution in [-0.2, 0) is 6.42 Å². The second-order valence-electron chi connectivity index (χ2n) is 5.05. The number of aromatic amines is 1. The molecule has 0 aliphatic heterocycles. The maximum Gasteiger partial charge on any atom is 0.412 e. The van der Waals surface area contributed by atoms with Gasteiger partial charge in [0.1, 0.15) is 11.7 Å². The molecule has 1 aromatic carbocycles. The minimum atomic E-state index is -4.51. The predicted octanol–water partition coefficient (Wildman–Crippen LogP) is 3.96. The van der Waals surface area contributed by atoms with E-state index in [1.165, 1.54) is 30.3 Å². The molecule has 2 N–H and O–H groups in total. The van der Waals surface area contributed by atoms with Gasteiger partial charge in [-0.3, -0.25) is 4.79 Å². The number of aromatic nitrogens is 1. The minimum Gasteiger partial charge on any atom is -0.366 e. The molecule has 0 amide bonds. The van der Waals surface area contributed by atoms with Gasteiger partial charge in [0.25, 0.3) is 5.56 Å². The number of benzene rings is 1. The maximum absolute atomic E-state index is 13.3. The number of aryl methyl sites for hydroxylation is 2. The third kappa shape index (κ3) is 3.50. The summed E-state index contributed by atoms with van der Waals surface area (Å²) in [7, 11) is 0. The van der Waals surface area contributed by atoms with Gasteiger partial charge >= 0.3 is 6.18 Å². The van der Waals surface area contributed by atoms with Gasteiger partial charge in [-0.2, -0.15) is 13.2 Å². The number of hydrogen-bond acceptors (Lipinski definition) is 2. The Morgan fingerprint density at radius 1 is 1.23 bits per heavy atom. The third-order valence-corrected chi connectivity index (χ3v) is 3.49. The topological polar surface area (TPSA) is 44.9 Å². The van der Waals surface area contributed by atoms with Crippen LogP contribution in [0.15, 0.2) is 41.2 Å². The lowest BCUT2D eigenvalue weighted by molar-refractivity contribution is -0.144. The van der Waals surface area contributed by atoms with Crippen molar-refractivity contribution in [3.8, 4) is 0 Å². The fourth-order valence-corrected chi connectivity index (χ4v) is 2.30. The zero-order valence-corrected chi connectivity index (χ0v) is 12.3. The highest BCUT2D eigenvalue weighted by Gasteiger charge is 2.41. The van der Waals surface area contributed by atoms with Gasteiger partial charge in [-0.25, -0.2) is 0 Å². The number of hydrogen-bond donors (Lipinski definition) is 2. The SMILES string of the molecule is CCc1cc(NC(c2ccccc2)C(F)(F)F)c(=O)[nH]c1C. The lowest BCUT2D eigenvalue weighted by Crippen LogP contribution is -2.30. The van der Waals surface area contributed by atoms with Gasteiger partial charge in [0, 0.05) is 5.69 Å². The molecule has 0 saturated heterocycles. The Bertz CT molecular complexity index is 693. The average molecular weight is 310 g/mol. The van der Waals surface area contributed by atoms with Crippen LogP contribution >= 0.6 is 0 Å². The summed E-state index contributed by atoms with van der Waals surface area (Å²) in [5.41, 5.74) is 0.902. The quantitative estimate of drug-likeness (QED) is 0.898. The summed E-state index contributed by atoms with van der Waals surface area (Å²) in [4.78, 5) is 14.5. The second-order valence-corrected chi connectivity index (χ2v) is 5.05. The zero-order chi connectivity index (χ0) is 16.3. The molecular weight excluding hydrogens is 293 g/mol. The fraction of sp³-hybridized carbons (Fsp3) is 0.312. The van der Waals surface area contributed by atoms with E-state index in [0.717, 1.165) is 5.56 Å². The Morgan fingerprint density at radius 3 is 2.41 bits per heavy atom. The van der Waals surface area contributed by atoms with E-state index in [1.807, 2.05) is 6.92 Å². The number of pyridine rings is 1. The van der Waals surface area contributed by atoms with E-state index in [9.17, 15) is 18.0 Å². The van der Waals surface area contributed by atoms with Crippen molar-refractivity contribution in [2.75, 3.05) is 5.32 Å². The number of alkyl halides is 3. The summed E-state index contributed by atoms with van der Waals surface area (Å²) >= 11 is 0. The molecule has 0 radical (unpaired) electrons. The molecule has 0 bridgehead atoms. The molecule has 2 rings (SSSR count). The van der Waals surface area contributed by atoms with E-state index in [0.29, 0.717) is 12.1 Å². The van der Waals surface area contributed by atoms with Crippen LogP contribution in [0.4, 0.5) is 18.9 Å². The molecule has 2 aromatic rings. The lowest BCUT2D eigenvalue weighted by Gasteiger charge is -2.23. The first-order chi connectivity index (χ1) is 10.3. The average Bonchev–Trinajstić information content (AvgIpc) is 2.46. The molecule has 1 heterocycles. The number of halogens is 3. The van der Waals surface area contributed by atoms with Crippen molar-refractivity contribution in [2.45, 2.75) is 32.5 Å². The highest BCUT2D eigenvalue weighted by molar-refractivity contribution is 5.47. The van der Waals surface area contributed by atoms with Crippen LogP contribution in [0, 0.1) is 6.92 Å². The largest absolute Gasteiger partial charge is 0.412 e. The molecule has 0 saturated carbocycles. The summed E-state index contributed by atoms with van der Waals surface area (Å²) in [6.45, 7) is 3.60. The molecule has 0 aliphatic carbocycles. The maximum atomic E-state index is 13.3. The minimum absolute atomic E-state index is 0.0630. The van der Waals surface area contributed by atoms with Gasteiger partial charge in [-0.05, 0) is 30.5 Å². The van der Waals surface area contributed by atoms with Crippen molar-refractivity contribution in [1.82, 2.24) is 4.98 Å². The Labute approximate surface area is 126 Å². The van der Waals surface area contributed by atoms with E-state index < -0.39 is 17.8 Å². The highest BCUT2D eigenvalue weighted by Crippen LogP contribution is 2.35. The summed E-state index contributed by atoms with van der Waals surface area (Å²) in [6.07, 6.45) is -3.88. The molecule has 6 heteroatoms. The Hall–Kier alpha value is -2.24. The molecule has 118 valence electrons. The van der Waals surface area contributed by atoms with Crippen LogP contribution in [0.5, 0.6) is 0 Å². The van der Waals surface area contributed by atoms with Crippen LogP contribution in [0.1, 0.15) is 29.8 Å². The summed E-state index contributed by atoms with van der Waals surface area (Å²) in [5, 5.41) is 2.34. The first-order valence-electron chi connectivity index (χ1n) is 6.94. The molecule has 0 spiro atoms. The van der Waals surface area contributed by atoms with Gasteiger partial charge in [-0.1, -0.05) is 37.3 Å². The van der Waals surface area contributed by atoms with Crippen LogP contribution in [0.2, 0.25) is 0 Å². The van der Waals surface area contributed by atoms with Crippen molar-refractivity contribution in [1.29, 1.82) is 0 Å². The Balaban J connectivity index is 2.43. The van der Waals surface area contributed by atoms with Crippen molar-refractivity contribution in [2.24, 2.45) is 0 Å². The van der Waals surface area contributed by atoms with Gasteiger partial charge in [0.05, 0.1) is 0 Å². The number of rotatable bonds is 4. The van der Waals surface area contributed by atoms with Gasteiger partial charge in [0.2, 0.25) is 0 Å². The van der Waals surface area contributed by atoms with Crippen LogP contribution < -0.4 is 10.9 Å². The second kappa shape index (κ2) is 6.25. The number of anilines is 1. The van der Waals surface area contributed by atoms with E-state index >= 15 is 0 Å². The van der Waals surface area contributed by atoms with Crippen LogP contribution in [0.25, 0.3) is 0 Å². The molecule has 0 aliphatic rings. The molecule has 1 atom stereocenters. The molecule has 0 fully saturated rings. The standard InChI is InChI=1S/C16H17F3N2O/c1-3-11-9-13(15(22)20-10(11)2)21-14(16(17,18)19)12-7-5-4-6-8-12/h4-9,14,21H,3H2,1-2H3,(H,20,22). The highest BCUT2D eigenvalue weighted by atomic mass is 19.4. The first-order valence-corrected chi connectivity index (χ1v) is 6.94. The molecule has 1 unspecified atom stereocenters. The van der Waals surface area contributed by atoms with Crippen LogP contribution in [-0.4, -0.2) is 11.2 Å². The molecule has 1 aromatic heterocycles. The zero-order valence-electron chi connectivity index (χ0n) is 12.3. The monoisotopic (exact) mass is 310 g/mol. The molecular formula is C16H17F3N2O. The van der Waals surface area contributed by atoms with E-state index in [4.69, 9.17) is 0 Å². The molecule has 22 heavy (non-hydrogen) atoms. The van der Waals surface area contributed by atoms with Gasteiger partial charge in [0.15, 0.2) is 0 Å². The Kier molecular flexibility index (Phi) is 4.59. The van der Waals surface area contributed by atoms with Crippen molar-refractivity contribution < 1.29 is 13.2 Å². The van der Waals surface area contributed by atoms with Crippen molar-refractivity contribution >= 4 is 5.69 Å². The summed E-state index contributed by atoms with van der Waals surface area (Å²) in [5.74, 6) is 0. The predicted molar refractivity (Wildman–Crippen MR) is 80.0 cm³/mol. The summed E-state index contributed by atoms with van der Waals surface area (Å²) < 4.78 is 39.9. The fourth-order valence-electron chi connectivity index (χ4n) is 2.30.